The lowest BCUT2D eigenvalue weighted by Crippen LogP contribution is -2.72. The molecule has 76 heavy (non-hydrogen) atoms. The van der Waals surface area contributed by atoms with Gasteiger partial charge in [-0.05, 0) is 98.2 Å². The van der Waals surface area contributed by atoms with Gasteiger partial charge in [-0.1, -0.05) is 66.2 Å². The van der Waals surface area contributed by atoms with Crippen LogP contribution in [0.15, 0.2) is 23.3 Å². The number of aliphatic hydroxyl groups is 10. The lowest BCUT2D eigenvalue weighted by Gasteiger charge is -2.72. The van der Waals surface area contributed by atoms with Crippen molar-refractivity contribution >= 4 is 17.9 Å². The number of hydrogen-bond acceptors (Lipinski definition) is 21. The molecule has 3 saturated heterocycles. The Morgan fingerprint density at radius 3 is 2.00 bits per heavy atom. The number of carboxylic acids is 1. The standard InChI is InChI=1S/C54H84O22/c1-11-23(2)45(68)76-42-43(70-24(3)57)54(22-56)26(18-49(42,4)5)25-12-13-30-51(8)16-15-32(50(6,7)29(51)14-17-52(30,9)53(25,10)19-31(54)59)72-48-40(74-46-36(63)33(60)27(58)21-69-46)38(65)39(41(75-48)44(66)67)73-47-37(64)35(62)34(61)28(20-55)71-47/h11-12,26-43,46-48,55-56,58-65H,13-22H2,1-10H3,(H,66,67)/b23-11-/t26-,27+,28+,29-,30+,31+,32-,33-,34+,35-,36+,37+,38-,39-,40+,41-,42-,43-,46-,47-,48+,51-,52+,53+,54-/m0/s1. The van der Waals surface area contributed by atoms with Crippen molar-refractivity contribution in [1.82, 2.24) is 0 Å². The normalized spacial score (nSPS) is 49.9. The van der Waals surface area contributed by atoms with Crippen molar-refractivity contribution in [2.45, 2.75) is 225 Å². The number of aliphatic carboxylic acids is 1. The summed E-state index contributed by atoms with van der Waals surface area (Å²) in [5, 5.41) is 120. The van der Waals surface area contributed by atoms with Crippen LogP contribution in [0.5, 0.6) is 0 Å². The highest BCUT2D eigenvalue weighted by Crippen LogP contribution is 2.76. The van der Waals surface area contributed by atoms with Gasteiger partial charge in [0.15, 0.2) is 25.0 Å². The molecule has 0 radical (unpaired) electrons. The Labute approximate surface area is 443 Å². The minimum atomic E-state index is -2.05. The molecule has 11 N–H and O–H groups in total. The summed E-state index contributed by atoms with van der Waals surface area (Å²) in [5.41, 5.74) is -2.80. The third kappa shape index (κ3) is 9.42. The summed E-state index contributed by atoms with van der Waals surface area (Å²) in [5.74, 6) is -3.30. The molecule has 0 bridgehead atoms. The number of hydrogen-bond donors (Lipinski definition) is 11. The van der Waals surface area contributed by atoms with Gasteiger partial charge in [-0.25, -0.2) is 9.59 Å². The predicted molar refractivity (Wildman–Crippen MR) is 262 cm³/mol. The van der Waals surface area contributed by atoms with Gasteiger partial charge in [0.2, 0.25) is 0 Å². The summed E-state index contributed by atoms with van der Waals surface area (Å²) in [6.07, 6.45) is -21.8. The van der Waals surface area contributed by atoms with E-state index in [4.69, 9.17) is 37.9 Å². The highest BCUT2D eigenvalue weighted by molar-refractivity contribution is 5.87. The molecular weight excluding hydrogens is 1000 g/mol. The van der Waals surface area contributed by atoms with Crippen LogP contribution in [-0.4, -0.2) is 204 Å². The van der Waals surface area contributed by atoms with Gasteiger partial charge in [0.05, 0.1) is 37.4 Å². The number of allylic oxidation sites excluding steroid dienone is 3. The maximum Gasteiger partial charge on any atom is 0.335 e. The second kappa shape index (κ2) is 21.3. The SMILES string of the molecule is C/C=C(/C)C(=O)O[C@H]1[C@H](OC(C)=O)[C@]2(CO)[C@H](O)C[C@]3(C)C(=CC[C@@H]4[C@@]5(C)CC[C@H](O[C@@H]6O[C@H](C(=O)O)[C@@H](O[C@@H]7O[C@H](CO)[C@@H](O)[C@H](O)[C@H]7O)[C@H](O)[C@H]6O[C@@H]6OC[C@@H](O)[C@H](O)[C@H]6O)C(C)(C)[C@@H]5CC[C@]43C)[C@@H]2CC1(C)C. The van der Waals surface area contributed by atoms with E-state index in [0.29, 0.717) is 44.1 Å². The van der Waals surface area contributed by atoms with Crippen molar-refractivity contribution in [2.75, 3.05) is 19.8 Å². The van der Waals surface area contributed by atoms with Crippen LogP contribution < -0.4 is 0 Å². The minimum absolute atomic E-state index is 0.0380. The Kier molecular flexibility index (Phi) is 16.6. The molecule has 4 saturated carbocycles. The van der Waals surface area contributed by atoms with Crippen molar-refractivity contribution in [3.63, 3.8) is 0 Å². The Morgan fingerprint density at radius 2 is 1.38 bits per heavy atom. The monoisotopic (exact) mass is 1080 g/mol. The lowest BCUT2D eigenvalue weighted by atomic mass is 9.33. The number of carboxylic acid groups (broad SMARTS) is 1. The number of fused-ring (bicyclic) bond motifs is 7. The first-order valence-corrected chi connectivity index (χ1v) is 26.9. The summed E-state index contributed by atoms with van der Waals surface area (Å²) in [6, 6.07) is 0. The maximum absolute atomic E-state index is 13.4. The highest BCUT2D eigenvalue weighted by Gasteiger charge is 2.74. The molecule has 0 aromatic heterocycles. The van der Waals surface area contributed by atoms with E-state index in [0.717, 1.165) is 5.57 Å². The number of rotatable bonds is 12. The van der Waals surface area contributed by atoms with Crippen LogP contribution in [0.25, 0.3) is 0 Å². The maximum atomic E-state index is 13.4. The molecule has 0 amide bonds. The fourth-order valence-electron chi connectivity index (χ4n) is 15.9. The van der Waals surface area contributed by atoms with Gasteiger partial charge in [0, 0.05) is 17.9 Å². The van der Waals surface area contributed by atoms with Crippen LogP contribution in [0.3, 0.4) is 0 Å². The molecule has 3 aliphatic heterocycles. The number of ether oxygens (including phenoxy) is 8. The molecule has 22 heteroatoms. The third-order valence-corrected chi connectivity index (χ3v) is 20.5. The van der Waals surface area contributed by atoms with E-state index in [1.165, 1.54) is 6.92 Å². The first-order chi connectivity index (χ1) is 35.4. The summed E-state index contributed by atoms with van der Waals surface area (Å²) in [7, 11) is 0. The second-order valence-corrected chi connectivity index (χ2v) is 25.2. The number of carbonyl (C=O) groups is 3. The van der Waals surface area contributed by atoms with Gasteiger partial charge in [0.25, 0.3) is 0 Å². The zero-order valence-electron chi connectivity index (χ0n) is 45.3. The van der Waals surface area contributed by atoms with Crippen molar-refractivity contribution in [3.05, 3.63) is 23.3 Å². The van der Waals surface area contributed by atoms with Gasteiger partial charge in [-0.2, -0.15) is 0 Å². The van der Waals surface area contributed by atoms with Gasteiger partial charge in [0.1, 0.15) is 73.2 Å². The molecule has 0 aromatic rings. The quantitative estimate of drug-likeness (QED) is 0.0543. The Morgan fingerprint density at radius 1 is 0.724 bits per heavy atom. The van der Waals surface area contributed by atoms with Gasteiger partial charge >= 0.3 is 17.9 Å². The van der Waals surface area contributed by atoms with Crippen molar-refractivity contribution in [3.8, 4) is 0 Å². The summed E-state index contributed by atoms with van der Waals surface area (Å²) in [6.45, 7) is 17.6. The molecule has 0 aromatic carbocycles. The topological polar surface area (TPSA) is 348 Å². The first-order valence-electron chi connectivity index (χ1n) is 26.9. The molecular formula is C54H84O22. The molecule has 7 fully saturated rings. The van der Waals surface area contributed by atoms with Gasteiger partial charge in [-0.3, -0.25) is 4.79 Å². The average Bonchev–Trinajstić information content (AvgIpc) is 3.45. The average molecular weight is 1090 g/mol. The Bertz CT molecular complexity index is 2220. The van der Waals surface area contributed by atoms with Crippen molar-refractivity contribution in [1.29, 1.82) is 0 Å². The molecule has 8 rings (SSSR count). The Hall–Kier alpha value is -2.75. The Balaban J connectivity index is 1.09. The molecule has 0 spiro atoms. The van der Waals surface area contributed by atoms with Crippen molar-refractivity contribution in [2.24, 2.45) is 50.2 Å². The predicted octanol–water partition coefficient (Wildman–Crippen LogP) is 0.346. The zero-order chi connectivity index (χ0) is 56.2. The first kappa shape index (κ1) is 59.4. The highest BCUT2D eigenvalue weighted by atomic mass is 16.8. The van der Waals surface area contributed by atoms with E-state index in [-0.39, 0.29) is 23.7 Å². The van der Waals surface area contributed by atoms with Crippen LogP contribution in [0, 0.1) is 50.2 Å². The zero-order valence-corrected chi connectivity index (χ0v) is 45.3. The summed E-state index contributed by atoms with van der Waals surface area (Å²) in [4.78, 5) is 39.4. The number of carbonyl (C=O) groups excluding carboxylic acids is 2. The van der Waals surface area contributed by atoms with Gasteiger partial charge in [-0.15, -0.1) is 0 Å². The van der Waals surface area contributed by atoms with Gasteiger partial charge < -0.3 is 94.1 Å². The van der Waals surface area contributed by atoms with E-state index < -0.39 is 181 Å². The van der Waals surface area contributed by atoms with E-state index in [9.17, 15) is 70.6 Å². The summed E-state index contributed by atoms with van der Waals surface area (Å²) < 4.78 is 48.2. The van der Waals surface area contributed by atoms with E-state index in [1.54, 1.807) is 19.9 Å². The van der Waals surface area contributed by atoms with E-state index in [2.05, 4.69) is 40.7 Å². The minimum Gasteiger partial charge on any atom is -0.479 e. The molecule has 3 heterocycles. The van der Waals surface area contributed by atoms with Crippen LogP contribution in [0.1, 0.15) is 114 Å². The number of aliphatic hydroxyl groups excluding tert-OH is 10. The largest absolute Gasteiger partial charge is 0.479 e. The molecule has 5 aliphatic carbocycles. The smallest absolute Gasteiger partial charge is 0.335 e. The fourth-order valence-corrected chi connectivity index (χ4v) is 15.9. The number of esters is 2. The summed E-state index contributed by atoms with van der Waals surface area (Å²) >= 11 is 0. The third-order valence-electron chi connectivity index (χ3n) is 20.5. The molecule has 0 unspecified atom stereocenters. The van der Waals surface area contributed by atoms with Crippen LogP contribution in [-0.2, 0) is 52.3 Å². The molecule has 432 valence electrons. The van der Waals surface area contributed by atoms with Crippen molar-refractivity contribution < 1.29 is 108 Å². The lowest BCUT2D eigenvalue weighted by molar-refractivity contribution is -0.386. The van der Waals surface area contributed by atoms with E-state index >= 15 is 0 Å². The van der Waals surface area contributed by atoms with Crippen LogP contribution in [0.2, 0.25) is 0 Å². The molecule has 8 aliphatic rings. The van der Waals surface area contributed by atoms with E-state index in [1.807, 2.05) is 13.8 Å². The van der Waals surface area contributed by atoms with Crippen LogP contribution >= 0.6 is 0 Å². The second-order valence-electron chi connectivity index (χ2n) is 25.2. The van der Waals surface area contributed by atoms with Crippen LogP contribution in [0.4, 0.5) is 0 Å². The fraction of sp³-hybridized carbons (Fsp3) is 0.870. The molecule has 25 atom stereocenters. The molecule has 22 nitrogen and oxygen atoms in total.